The molecule has 5 unspecified atom stereocenters. The number of Topliss-reactive ketones (excluding diaryl/α,β-unsaturated/α-hetero) is 1. The van der Waals surface area contributed by atoms with Gasteiger partial charge in [0.2, 0.25) is 23.5 Å². The summed E-state index contributed by atoms with van der Waals surface area (Å²) >= 11 is 0. The van der Waals surface area contributed by atoms with Gasteiger partial charge in [0.1, 0.15) is 30.3 Å². The minimum absolute atomic E-state index is 0.00534. The number of benzene rings is 1. The van der Waals surface area contributed by atoms with Crippen molar-refractivity contribution in [3.63, 3.8) is 0 Å². The Morgan fingerprint density at radius 1 is 0.826 bits per heavy atom. The lowest BCUT2D eigenvalue weighted by Gasteiger charge is -2.27. The minimum Gasteiger partial charge on any atom is -0.460 e. The van der Waals surface area contributed by atoms with Crippen LogP contribution >= 0.6 is 0 Å². The molecule has 13 heteroatoms. The average Bonchev–Trinajstić information content (AvgIpc) is 2.98. The van der Waals surface area contributed by atoms with Crippen molar-refractivity contribution in [1.29, 1.82) is 0 Å². The molecule has 13 nitrogen and oxygen atoms in total. The van der Waals surface area contributed by atoms with Crippen LogP contribution in [0, 0.1) is 11.8 Å². The van der Waals surface area contributed by atoms with E-state index in [0.717, 1.165) is 5.56 Å². The Balaban J connectivity index is 3.09. The summed E-state index contributed by atoms with van der Waals surface area (Å²) in [7, 11) is 0. The predicted molar refractivity (Wildman–Crippen MR) is 170 cm³/mol. The van der Waals surface area contributed by atoms with E-state index in [4.69, 9.17) is 9.47 Å². The second-order valence-electron chi connectivity index (χ2n) is 12.7. The van der Waals surface area contributed by atoms with E-state index in [1.807, 2.05) is 26.8 Å². The van der Waals surface area contributed by atoms with Gasteiger partial charge in [-0.3, -0.25) is 28.8 Å². The van der Waals surface area contributed by atoms with Crippen molar-refractivity contribution in [1.82, 2.24) is 21.3 Å². The molecule has 0 aliphatic heterocycles. The van der Waals surface area contributed by atoms with Gasteiger partial charge in [0.25, 0.3) is 0 Å². The zero-order valence-electron chi connectivity index (χ0n) is 28.1. The maximum atomic E-state index is 13.5. The van der Waals surface area contributed by atoms with Crippen LogP contribution in [0.4, 0.5) is 4.79 Å². The number of esters is 1. The fourth-order valence-electron chi connectivity index (χ4n) is 4.25. The van der Waals surface area contributed by atoms with Gasteiger partial charge in [-0.1, -0.05) is 64.4 Å². The molecule has 0 aromatic heterocycles. The Hall–Kier alpha value is -4.29. The van der Waals surface area contributed by atoms with Gasteiger partial charge in [0.15, 0.2) is 6.29 Å². The number of hydrogen-bond acceptors (Lipinski definition) is 9. The van der Waals surface area contributed by atoms with E-state index in [2.05, 4.69) is 21.3 Å². The second kappa shape index (κ2) is 19.3. The number of ether oxygens (including phenoxy) is 2. The highest BCUT2D eigenvalue weighted by molar-refractivity contribution is 6.28. The van der Waals surface area contributed by atoms with Crippen LogP contribution in [-0.4, -0.2) is 71.6 Å². The molecule has 0 spiro atoms. The zero-order valence-corrected chi connectivity index (χ0v) is 28.1. The van der Waals surface area contributed by atoms with Gasteiger partial charge in [0.05, 0.1) is 6.04 Å². The molecule has 5 atom stereocenters. The van der Waals surface area contributed by atoms with E-state index in [1.165, 1.54) is 6.92 Å². The molecule has 1 aromatic rings. The Morgan fingerprint density at radius 2 is 1.43 bits per heavy atom. The molecule has 4 N–H and O–H groups in total. The topological polar surface area (TPSA) is 186 Å². The van der Waals surface area contributed by atoms with Crippen LogP contribution < -0.4 is 21.3 Å². The Labute approximate surface area is 271 Å². The SMILES string of the molecule is CCC(C)C(NC(=O)OCc1ccccc1)C(=O)NC(CCC(=O)OC(C)(C)C)C(=O)NC(C)C(=O)NC(CC(C)C)C(=O)C=O. The largest absolute Gasteiger partial charge is 0.460 e. The number of rotatable bonds is 18. The van der Waals surface area contributed by atoms with Crippen molar-refractivity contribution >= 4 is 41.9 Å². The zero-order chi connectivity index (χ0) is 35.0. The summed E-state index contributed by atoms with van der Waals surface area (Å²) in [5, 5.41) is 10.2. The van der Waals surface area contributed by atoms with Crippen molar-refractivity contribution in [3.8, 4) is 0 Å². The summed E-state index contributed by atoms with van der Waals surface area (Å²) in [4.78, 5) is 87.9. The fraction of sp³-hybridized carbons (Fsp3) is 0.606. The maximum Gasteiger partial charge on any atom is 0.408 e. The summed E-state index contributed by atoms with van der Waals surface area (Å²) < 4.78 is 10.6. The van der Waals surface area contributed by atoms with Crippen molar-refractivity contribution in [3.05, 3.63) is 35.9 Å². The van der Waals surface area contributed by atoms with E-state index < -0.39 is 65.3 Å². The lowest BCUT2D eigenvalue weighted by molar-refractivity contribution is -0.155. The highest BCUT2D eigenvalue weighted by atomic mass is 16.6. The first-order chi connectivity index (χ1) is 21.5. The number of alkyl carbamates (subject to hydrolysis) is 1. The number of amides is 4. The molecule has 0 saturated heterocycles. The molecule has 0 saturated carbocycles. The molecular weight excluding hydrogens is 596 g/mol. The monoisotopic (exact) mass is 646 g/mol. The van der Waals surface area contributed by atoms with Crippen LogP contribution in [0.1, 0.15) is 86.6 Å². The van der Waals surface area contributed by atoms with Crippen LogP contribution in [0.3, 0.4) is 0 Å². The molecule has 0 heterocycles. The lowest BCUT2D eigenvalue weighted by atomic mass is 9.97. The van der Waals surface area contributed by atoms with Crippen LogP contribution in [0.25, 0.3) is 0 Å². The van der Waals surface area contributed by atoms with Gasteiger partial charge >= 0.3 is 12.1 Å². The van der Waals surface area contributed by atoms with Crippen LogP contribution in [0.2, 0.25) is 0 Å². The van der Waals surface area contributed by atoms with Gasteiger partial charge in [0, 0.05) is 6.42 Å². The normalized spacial score (nSPS) is 14.5. The van der Waals surface area contributed by atoms with E-state index in [9.17, 15) is 33.6 Å². The summed E-state index contributed by atoms with van der Waals surface area (Å²) in [6.45, 7) is 13.7. The van der Waals surface area contributed by atoms with Crippen molar-refractivity contribution in [2.45, 2.75) is 117 Å². The molecule has 4 amide bonds. The van der Waals surface area contributed by atoms with Crippen molar-refractivity contribution in [2.24, 2.45) is 11.8 Å². The van der Waals surface area contributed by atoms with Gasteiger partial charge in [-0.15, -0.1) is 0 Å². The third kappa shape index (κ3) is 15.1. The molecular formula is C33H50N4O9. The summed E-state index contributed by atoms with van der Waals surface area (Å²) in [6, 6.07) is 4.38. The van der Waals surface area contributed by atoms with Crippen LogP contribution in [0.15, 0.2) is 30.3 Å². The first-order valence-corrected chi connectivity index (χ1v) is 15.6. The molecule has 0 radical (unpaired) electrons. The number of aldehydes is 1. The molecule has 1 aromatic carbocycles. The number of ketones is 1. The molecule has 46 heavy (non-hydrogen) atoms. The summed E-state index contributed by atoms with van der Waals surface area (Å²) in [6.07, 6.45) is -0.383. The highest BCUT2D eigenvalue weighted by Crippen LogP contribution is 2.13. The summed E-state index contributed by atoms with van der Waals surface area (Å²) in [5.74, 6) is -3.96. The van der Waals surface area contributed by atoms with Gasteiger partial charge < -0.3 is 30.7 Å². The van der Waals surface area contributed by atoms with Gasteiger partial charge in [-0.05, 0) is 57.9 Å². The van der Waals surface area contributed by atoms with Crippen molar-refractivity contribution < 1.29 is 43.0 Å². The third-order valence-corrected chi connectivity index (χ3v) is 6.91. The van der Waals surface area contributed by atoms with E-state index in [-0.39, 0.29) is 44.0 Å². The van der Waals surface area contributed by atoms with E-state index >= 15 is 0 Å². The second-order valence-corrected chi connectivity index (χ2v) is 12.7. The third-order valence-electron chi connectivity index (χ3n) is 6.91. The maximum absolute atomic E-state index is 13.5. The molecule has 0 fully saturated rings. The average molecular weight is 647 g/mol. The first-order valence-electron chi connectivity index (χ1n) is 15.6. The Morgan fingerprint density at radius 3 is 1.98 bits per heavy atom. The molecule has 256 valence electrons. The molecule has 0 aliphatic carbocycles. The van der Waals surface area contributed by atoms with E-state index in [1.54, 1.807) is 52.0 Å². The quantitative estimate of drug-likeness (QED) is 0.106. The lowest BCUT2D eigenvalue weighted by Crippen LogP contribution is -2.58. The first kappa shape index (κ1) is 39.7. The van der Waals surface area contributed by atoms with Crippen molar-refractivity contribution in [2.75, 3.05) is 0 Å². The molecule has 0 aliphatic rings. The predicted octanol–water partition coefficient (Wildman–Crippen LogP) is 2.74. The molecule has 0 bridgehead atoms. The highest BCUT2D eigenvalue weighted by Gasteiger charge is 2.32. The van der Waals surface area contributed by atoms with Crippen LogP contribution in [0.5, 0.6) is 0 Å². The standard InChI is InChI=1S/C33H50N4O9/c1-9-21(4)28(37-32(44)45-19-23-13-11-10-12-14-23)31(43)35-24(15-16-27(40)46-33(6,7)8)30(42)34-22(5)29(41)36-25(17-20(2)3)26(39)18-38/h10-14,18,20-22,24-25,28H,9,15-17,19H2,1-8H3,(H,34,42)(H,35,43)(H,36,41)(H,37,44). The Kier molecular flexibility index (Phi) is 16.6. The molecule has 1 rings (SSSR count). The van der Waals surface area contributed by atoms with Crippen LogP contribution in [-0.2, 0) is 44.8 Å². The summed E-state index contributed by atoms with van der Waals surface area (Å²) in [5.41, 5.74) is -0.0211. The number of hydrogen-bond donors (Lipinski definition) is 4. The number of nitrogens with one attached hydrogen (secondary N) is 4. The van der Waals surface area contributed by atoms with Gasteiger partial charge in [-0.2, -0.15) is 0 Å². The number of carbonyl (C=O) groups is 7. The fourth-order valence-corrected chi connectivity index (χ4v) is 4.25. The Bertz CT molecular complexity index is 1200. The minimum atomic E-state index is -1.30. The van der Waals surface area contributed by atoms with Gasteiger partial charge in [-0.25, -0.2) is 4.79 Å². The number of carbonyl (C=O) groups excluding carboxylic acids is 7. The smallest absolute Gasteiger partial charge is 0.408 e. The van der Waals surface area contributed by atoms with E-state index in [0.29, 0.717) is 6.42 Å².